The van der Waals surface area contributed by atoms with Crippen LogP contribution < -0.4 is 5.32 Å². The molecule has 7 nitrogen and oxygen atoms in total. The molecule has 0 aliphatic carbocycles. The Bertz CT molecular complexity index is 1040. The average Bonchev–Trinajstić information content (AvgIpc) is 3.18. The van der Waals surface area contributed by atoms with Gasteiger partial charge in [0.1, 0.15) is 6.04 Å². The summed E-state index contributed by atoms with van der Waals surface area (Å²) in [6.07, 6.45) is 0.929. The van der Waals surface area contributed by atoms with Crippen molar-refractivity contribution in [3.63, 3.8) is 0 Å². The number of esters is 1. The molecule has 9 heteroatoms. The molecule has 2 aromatic rings. The number of amides is 1. The molecule has 2 aromatic carbocycles. The summed E-state index contributed by atoms with van der Waals surface area (Å²) in [6, 6.07) is 14.9. The first-order valence-electron chi connectivity index (χ1n) is 10.5. The van der Waals surface area contributed by atoms with Crippen molar-refractivity contribution in [2.45, 2.75) is 56.0 Å². The predicted molar refractivity (Wildman–Crippen MR) is 126 cm³/mol. The summed E-state index contributed by atoms with van der Waals surface area (Å²) in [4.78, 5) is 24.1. The van der Waals surface area contributed by atoms with Gasteiger partial charge in [0.05, 0.1) is 16.4 Å². The fourth-order valence-corrected chi connectivity index (χ4v) is 7.07. The minimum absolute atomic E-state index is 0.0705. The summed E-state index contributed by atoms with van der Waals surface area (Å²) in [5.41, 5.74) is 1.61. The van der Waals surface area contributed by atoms with Crippen molar-refractivity contribution in [1.29, 1.82) is 0 Å². The fourth-order valence-electron chi connectivity index (χ4n) is 3.54. The Morgan fingerprint density at radius 1 is 1.12 bits per heavy atom. The molecule has 0 aromatic heterocycles. The first kappa shape index (κ1) is 24.3. The van der Waals surface area contributed by atoms with E-state index in [4.69, 9.17) is 4.74 Å². The van der Waals surface area contributed by atoms with Gasteiger partial charge in [0.25, 0.3) is 0 Å². The van der Waals surface area contributed by atoms with Crippen LogP contribution in [-0.2, 0) is 30.8 Å². The highest BCUT2D eigenvalue weighted by atomic mass is 32.2. The number of hydrogen-bond donors (Lipinski definition) is 1. The molecule has 0 spiro atoms. The number of sulfonamides is 1. The van der Waals surface area contributed by atoms with E-state index >= 15 is 0 Å². The van der Waals surface area contributed by atoms with Crippen LogP contribution in [0.2, 0.25) is 0 Å². The van der Waals surface area contributed by atoms with Crippen molar-refractivity contribution < 1.29 is 22.7 Å². The van der Waals surface area contributed by atoms with Crippen LogP contribution in [0.3, 0.4) is 0 Å². The molecule has 1 N–H and O–H groups in total. The van der Waals surface area contributed by atoms with Gasteiger partial charge in [0, 0.05) is 18.4 Å². The average molecular weight is 477 g/mol. The van der Waals surface area contributed by atoms with Crippen LogP contribution in [0.1, 0.15) is 32.8 Å². The van der Waals surface area contributed by atoms with E-state index in [2.05, 4.69) is 5.32 Å². The standard InChI is InChI=1S/C23H28N2O5S2/c1-16(2)30-23(27)21-15-31-22(14-9-18-7-5-4-6-8-18)25(21)32(28,29)20-12-10-19(11-13-20)24-17(3)26/h4-8,10-13,16,21-22H,9,14-15H2,1-3H3,(H,24,26). The molecule has 3 rings (SSSR count). The van der Waals surface area contributed by atoms with Crippen molar-refractivity contribution in [3.05, 3.63) is 60.2 Å². The molecule has 172 valence electrons. The highest BCUT2D eigenvalue weighted by Crippen LogP contribution is 2.37. The predicted octanol–water partition coefficient (Wildman–Crippen LogP) is 3.66. The van der Waals surface area contributed by atoms with E-state index < -0.39 is 22.0 Å². The lowest BCUT2D eigenvalue weighted by atomic mass is 10.1. The van der Waals surface area contributed by atoms with Gasteiger partial charge >= 0.3 is 5.97 Å². The first-order chi connectivity index (χ1) is 15.2. The molecule has 1 aliphatic rings. The van der Waals surface area contributed by atoms with Crippen molar-refractivity contribution in [1.82, 2.24) is 4.31 Å². The van der Waals surface area contributed by atoms with Gasteiger partial charge in [-0.05, 0) is 56.5 Å². The number of benzene rings is 2. The number of aryl methyl sites for hydroxylation is 1. The maximum Gasteiger partial charge on any atom is 0.325 e. The summed E-state index contributed by atoms with van der Waals surface area (Å²) in [7, 11) is -3.97. The van der Waals surface area contributed by atoms with E-state index in [-0.39, 0.29) is 22.3 Å². The Morgan fingerprint density at radius 2 is 1.78 bits per heavy atom. The number of anilines is 1. The van der Waals surface area contributed by atoms with Gasteiger partial charge in [-0.15, -0.1) is 11.8 Å². The molecule has 1 heterocycles. The van der Waals surface area contributed by atoms with Gasteiger partial charge in [-0.25, -0.2) is 8.42 Å². The van der Waals surface area contributed by atoms with Crippen LogP contribution >= 0.6 is 11.8 Å². The van der Waals surface area contributed by atoms with E-state index in [1.807, 2.05) is 30.3 Å². The topological polar surface area (TPSA) is 92.8 Å². The van der Waals surface area contributed by atoms with Crippen LogP contribution in [0.15, 0.2) is 59.5 Å². The number of rotatable bonds is 8. The molecule has 32 heavy (non-hydrogen) atoms. The van der Waals surface area contributed by atoms with E-state index in [9.17, 15) is 18.0 Å². The van der Waals surface area contributed by atoms with E-state index in [0.717, 1.165) is 5.56 Å². The smallest absolute Gasteiger partial charge is 0.325 e. The molecular weight excluding hydrogens is 448 g/mol. The molecule has 2 atom stereocenters. The van der Waals surface area contributed by atoms with Crippen molar-refractivity contribution in [2.24, 2.45) is 0 Å². The zero-order valence-electron chi connectivity index (χ0n) is 18.4. The number of nitrogens with one attached hydrogen (secondary N) is 1. The molecule has 0 bridgehead atoms. The van der Waals surface area contributed by atoms with Crippen LogP contribution in [0.25, 0.3) is 0 Å². The molecule has 0 saturated carbocycles. The lowest BCUT2D eigenvalue weighted by Gasteiger charge is -2.28. The highest BCUT2D eigenvalue weighted by Gasteiger charge is 2.47. The maximum absolute atomic E-state index is 13.6. The summed E-state index contributed by atoms with van der Waals surface area (Å²) in [5, 5.41) is 2.23. The van der Waals surface area contributed by atoms with Crippen molar-refractivity contribution >= 4 is 39.3 Å². The number of nitrogens with zero attached hydrogens (tertiary/aromatic N) is 1. The largest absolute Gasteiger partial charge is 0.462 e. The fraction of sp³-hybridized carbons (Fsp3) is 0.391. The molecule has 1 saturated heterocycles. The molecule has 1 fully saturated rings. The van der Waals surface area contributed by atoms with Gasteiger partial charge in [-0.3, -0.25) is 9.59 Å². The minimum Gasteiger partial charge on any atom is -0.462 e. The molecule has 2 unspecified atom stereocenters. The van der Waals surface area contributed by atoms with Gasteiger partial charge < -0.3 is 10.1 Å². The molecular formula is C23H28N2O5S2. The monoisotopic (exact) mass is 476 g/mol. The third-order valence-corrected chi connectivity index (χ3v) is 8.36. The second-order valence-electron chi connectivity index (χ2n) is 7.85. The lowest BCUT2D eigenvalue weighted by Crippen LogP contribution is -2.46. The summed E-state index contributed by atoms with van der Waals surface area (Å²) in [5.74, 6) is -0.434. The lowest BCUT2D eigenvalue weighted by molar-refractivity contribution is -0.151. The third-order valence-electron chi connectivity index (χ3n) is 4.93. The minimum atomic E-state index is -3.97. The Hall–Kier alpha value is -2.36. The Kier molecular flexibility index (Phi) is 7.97. The van der Waals surface area contributed by atoms with Crippen molar-refractivity contribution in [3.8, 4) is 0 Å². The van der Waals surface area contributed by atoms with Gasteiger partial charge in [-0.2, -0.15) is 4.31 Å². The SMILES string of the molecule is CC(=O)Nc1ccc(S(=O)(=O)N2C(CCc3ccccc3)SCC2C(=O)OC(C)C)cc1. The molecule has 1 amide bonds. The van der Waals surface area contributed by atoms with Gasteiger partial charge in [0.15, 0.2) is 0 Å². The normalized spacial score (nSPS) is 19.1. The zero-order valence-corrected chi connectivity index (χ0v) is 20.0. The highest BCUT2D eigenvalue weighted by molar-refractivity contribution is 8.01. The second kappa shape index (κ2) is 10.5. The Balaban J connectivity index is 1.88. The van der Waals surface area contributed by atoms with Crippen LogP contribution in [0, 0.1) is 0 Å². The third kappa shape index (κ3) is 5.90. The number of thioether (sulfide) groups is 1. The molecule has 1 aliphatic heterocycles. The molecule has 0 radical (unpaired) electrons. The zero-order chi connectivity index (χ0) is 23.3. The summed E-state index contributed by atoms with van der Waals surface area (Å²) in [6.45, 7) is 4.87. The maximum atomic E-state index is 13.6. The van der Waals surface area contributed by atoms with Crippen LogP contribution in [-0.4, -0.2) is 47.9 Å². The van der Waals surface area contributed by atoms with Crippen molar-refractivity contribution in [2.75, 3.05) is 11.1 Å². The van der Waals surface area contributed by atoms with E-state index in [1.165, 1.54) is 47.3 Å². The van der Waals surface area contributed by atoms with Crippen LogP contribution in [0.4, 0.5) is 5.69 Å². The van der Waals surface area contributed by atoms with Gasteiger partial charge in [0.2, 0.25) is 15.9 Å². The van der Waals surface area contributed by atoms with E-state index in [1.54, 1.807) is 13.8 Å². The second-order valence-corrected chi connectivity index (χ2v) is 10.9. The summed E-state index contributed by atoms with van der Waals surface area (Å²) >= 11 is 1.46. The Labute approximate surface area is 193 Å². The number of hydrogen-bond acceptors (Lipinski definition) is 6. The Morgan fingerprint density at radius 3 is 2.38 bits per heavy atom. The van der Waals surface area contributed by atoms with E-state index in [0.29, 0.717) is 24.3 Å². The summed E-state index contributed by atoms with van der Waals surface area (Å²) < 4.78 is 33.9. The number of carbonyl (C=O) groups is 2. The quantitative estimate of drug-likeness (QED) is 0.585. The van der Waals surface area contributed by atoms with Crippen LogP contribution in [0.5, 0.6) is 0 Å². The van der Waals surface area contributed by atoms with Gasteiger partial charge in [-0.1, -0.05) is 30.3 Å². The number of carbonyl (C=O) groups excluding carboxylic acids is 2. The number of ether oxygens (including phenoxy) is 1. The first-order valence-corrected chi connectivity index (χ1v) is 12.9.